The van der Waals surface area contributed by atoms with Crippen molar-refractivity contribution in [1.29, 1.82) is 0 Å². The molecule has 0 saturated carbocycles. The van der Waals surface area contributed by atoms with Gasteiger partial charge in [0.15, 0.2) is 0 Å². The van der Waals surface area contributed by atoms with Gasteiger partial charge in [-0.25, -0.2) is 8.42 Å². The maximum atomic E-state index is 12.1. The van der Waals surface area contributed by atoms with E-state index in [4.69, 9.17) is 9.84 Å². The van der Waals surface area contributed by atoms with Gasteiger partial charge in [-0.15, -0.1) is 0 Å². The average Bonchev–Trinajstić information content (AvgIpc) is 2.36. The molecule has 20 heavy (non-hydrogen) atoms. The van der Waals surface area contributed by atoms with Gasteiger partial charge in [0.25, 0.3) is 0 Å². The van der Waals surface area contributed by atoms with Gasteiger partial charge in [0.05, 0.1) is 11.5 Å². The second-order valence-corrected chi connectivity index (χ2v) is 6.88. The second-order valence-electron chi connectivity index (χ2n) is 4.83. The van der Waals surface area contributed by atoms with Crippen LogP contribution in [-0.4, -0.2) is 44.0 Å². The van der Waals surface area contributed by atoms with Crippen molar-refractivity contribution in [1.82, 2.24) is 4.31 Å². The summed E-state index contributed by atoms with van der Waals surface area (Å²) in [7, 11) is -2.56. The van der Waals surface area contributed by atoms with Crippen LogP contribution in [0.2, 0.25) is 0 Å². The standard InChI is InChI=1S/C13H19NO5S/c1-10(2)9-19-11-4-6-12(7-5-11)20(17,18)14(3)8-13(15)16/h4-7,10H,8-9H2,1-3H3,(H,15,16). The van der Waals surface area contributed by atoms with Gasteiger partial charge in [0.2, 0.25) is 10.0 Å². The monoisotopic (exact) mass is 301 g/mol. The lowest BCUT2D eigenvalue weighted by molar-refractivity contribution is -0.137. The molecule has 1 aromatic rings. The molecule has 0 aliphatic heterocycles. The van der Waals surface area contributed by atoms with Crippen molar-refractivity contribution in [3.05, 3.63) is 24.3 Å². The Morgan fingerprint density at radius 3 is 2.30 bits per heavy atom. The minimum atomic E-state index is -3.79. The first-order valence-electron chi connectivity index (χ1n) is 6.14. The van der Waals surface area contributed by atoms with E-state index in [1.54, 1.807) is 12.1 Å². The van der Waals surface area contributed by atoms with Crippen LogP contribution in [0.1, 0.15) is 13.8 Å². The molecule has 0 bridgehead atoms. The van der Waals surface area contributed by atoms with Crippen molar-refractivity contribution in [2.75, 3.05) is 20.2 Å². The highest BCUT2D eigenvalue weighted by Crippen LogP contribution is 2.19. The summed E-state index contributed by atoms with van der Waals surface area (Å²) in [5, 5.41) is 8.63. The topological polar surface area (TPSA) is 83.9 Å². The van der Waals surface area contributed by atoms with Crippen molar-refractivity contribution in [3.8, 4) is 5.75 Å². The normalized spacial score (nSPS) is 11.8. The molecular formula is C13H19NO5S. The second kappa shape index (κ2) is 6.71. The number of likely N-dealkylation sites (N-methyl/N-ethyl adjacent to an activating group) is 1. The molecule has 0 spiro atoms. The quantitative estimate of drug-likeness (QED) is 0.823. The summed E-state index contributed by atoms with van der Waals surface area (Å²) in [5.41, 5.74) is 0. The molecule has 0 unspecified atom stereocenters. The van der Waals surface area contributed by atoms with Crippen LogP contribution < -0.4 is 4.74 Å². The van der Waals surface area contributed by atoms with Crippen LogP contribution in [0.5, 0.6) is 5.75 Å². The first kappa shape index (κ1) is 16.5. The van der Waals surface area contributed by atoms with Gasteiger partial charge in [0, 0.05) is 7.05 Å². The molecular weight excluding hydrogens is 282 g/mol. The predicted octanol–water partition coefficient (Wildman–Crippen LogP) is 1.43. The maximum Gasteiger partial charge on any atom is 0.318 e. The van der Waals surface area contributed by atoms with Crippen LogP contribution in [0.15, 0.2) is 29.2 Å². The van der Waals surface area contributed by atoms with Gasteiger partial charge in [-0.1, -0.05) is 13.8 Å². The highest BCUT2D eigenvalue weighted by Gasteiger charge is 2.22. The molecule has 0 heterocycles. The first-order valence-corrected chi connectivity index (χ1v) is 7.58. The maximum absolute atomic E-state index is 12.1. The lowest BCUT2D eigenvalue weighted by Crippen LogP contribution is -2.31. The van der Waals surface area contributed by atoms with Gasteiger partial charge in [-0.2, -0.15) is 4.31 Å². The number of benzene rings is 1. The fourth-order valence-electron chi connectivity index (χ4n) is 1.43. The number of hydrogen-bond acceptors (Lipinski definition) is 4. The third kappa shape index (κ3) is 4.50. The third-order valence-electron chi connectivity index (χ3n) is 2.47. The Morgan fingerprint density at radius 2 is 1.85 bits per heavy atom. The number of carboxylic acids is 1. The molecule has 1 N–H and O–H groups in total. The Balaban J connectivity index is 2.84. The zero-order chi connectivity index (χ0) is 15.3. The number of carboxylic acid groups (broad SMARTS) is 1. The molecule has 0 atom stereocenters. The summed E-state index contributed by atoms with van der Waals surface area (Å²) in [4.78, 5) is 10.6. The van der Waals surface area contributed by atoms with E-state index in [9.17, 15) is 13.2 Å². The number of rotatable bonds is 7. The van der Waals surface area contributed by atoms with E-state index in [0.717, 1.165) is 4.31 Å². The van der Waals surface area contributed by atoms with Gasteiger partial charge in [-0.3, -0.25) is 4.79 Å². The van der Waals surface area contributed by atoms with Crippen molar-refractivity contribution >= 4 is 16.0 Å². The Labute approximate surface area is 119 Å². The zero-order valence-electron chi connectivity index (χ0n) is 11.7. The Bertz CT molecular complexity index is 551. The Hall–Kier alpha value is -1.60. The summed E-state index contributed by atoms with van der Waals surface area (Å²) in [6.45, 7) is 4.00. The lowest BCUT2D eigenvalue weighted by Gasteiger charge is -2.15. The fourth-order valence-corrected chi connectivity index (χ4v) is 2.55. The summed E-state index contributed by atoms with van der Waals surface area (Å²) in [6.07, 6.45) is 0. The zero-order valence-corrected chi connectivity index (χ0v) is 12.6. The minimum Gasteiger partial charge on any atom is -0.493 e. The van der Waals surface area contributed by atoms with Crippen LogP contribution >= 0.6 is 0 Å². The Morgan fingerprint density at radius 1 is 1.30 bits per heavy atom. The fraction of sp³-hybridized carbons (Fsp3) is 0.462. The highest BCUT2D eigenvalue weighted by molar-refractivity contribution is 7.89. The van der Waals surface area contributed by atoms with Crippen LogP contribution in [0.25, 0.3) is 0 Å². The van der Waals surface area contributed by atoms with Crippen molar-refractivity contribution in [2.45, 2.75) is 18.7 Å². The summed E-state index contributed by atoms with van der Waals surface area (Å²) >= 11 is 0. The molecule has 1 rings (SSSR count). The van der Waals surface area contributed by atoms with Crippen LogP contribution in [0, 0.1) is 5.92 Å². The number of ether oxygens (including phenoxy) is 1. The van der Waals surface area contributed by atoms with E-state index in [-0.39, 0.29) is 4.90 Å². The van der Waals surface area contributed by atoms with Crippen molar-refractivity contribution in [3.63, 3.8) is 0 Å². The van der Waals surface area contributed by atoms with Gasteiger partial charge >= 0.3 is 5.97 Å². The number of sulfonamides is 1. The van der Waals surface area contributed by atoms with E-state index in [2.05, 4.69) is 0 Å². The summed E-state index contributed by atoms with van der Waals surface area (Å²) in [5.74, 6) is -0.244. The molecule has 0 amide bonds. The smallest absolute Gasteiger partial charge is 0.318 e. The van der Waals surface area contributed by atoms with Crippen LogP contribution in [0.3, 0.4) is 0 Å². The number of aliphatic carboxylic acids is 1. The van der Waals surface area contributed by atoms with Gasteiger partial charge in [0.1, 0.15) is 12.3 Å². The molecule has 0 saturated heterocycles. The summed E-state index contributed by atoms with van der Waals surface area (Å²) in [6, 6.07) is 5.93. The molecule has 112 valence electrons. The van der Waals surface area contributed by atoms with Crippen LogP contribution in [0.4, 0.5) is 0 Å². The van der Waals surface area contributed by atoms with E-state index in [1.165, 1.54) is 19.2 Å². The molecule has 0 aliphatic carbocycles. The molecule has 0 aliphatic rings. The Kier molecular flexibility index (Phi) is 5.52. The van der Waals surface area contributed by atoms with E-state index >= 15 is 0 Å². The average molecular weight is 301 g/mol. The molecule has 7 heteroatoms. The van der Waals surface area contributed by atoms with Crippen LogP contribution in [-0.2, 0) is 14.8 Å². The molecule has 0 fully saturated rings. The van der Waals surface area contributed by atoms with Crippen molar-refractivity contribution in [2.24, 2.45) is 5.92 Å². The highest BCUT2D eigenvalue weighted by atomic mass is 32.2. The molecule has 0 aromatic heterocycles. The number of carbonyl (C=O) groups is 1. The minimum absolute atomic E-state index is 0.0400. The first-order chi connectivity index (χ1) is 9.23. The largest absolute Gasteiger partial charge is 0.493 e. The third-order valence-corrected chi connectivity index (χ3v) is 4.29. The van der Waals surface area contributed by atoms with E-state index in [0.29, 0.717) is 18.3 Å². The van der Waals surface area contributed by atoms with Gasteiger partial charge in [-0.05, 0) is 30.2 Å². The van der Waals surface area contributed by atoms with E-state index in [1.807, 2.05) is 13.8 Å². The number of nitrogens with zero attached hydrogens (tertiary/aromatic N) is 1. The SMILES string of the molecule is CC(C)COc1ccc(S(=O)(=O)N(C)CC(=O)O)cc1. The molecule has 1 aromatic carbocycles. The van der Waals surface area contributed by atoms with Gasteiger partial charge < -0.3 is 9.84 Å². The molecule has 0 radical (unpaired) electrons. The molecule has 6 nitrogen and oxygen atoms in total. The predicted molar refractivity (Wildman–Crippen MR) is 74.2 cm³/mol. The van der Waals surface area contributed by atoms with Crippen molar-refractivity contribution < 1.29 is 23.1 Å². The lowest BCUT2D eigenvalue weighted by atomic mass is 10.2. The van der Waals surface area contributed by atoms with E-state index < -0.39 is 22.5 Å². The summed E-state index contributed by atoms with van der Waals surface area (Å²) < 4.78 is 30.4. The number of hydrogen-bond donors (Lipinski definition) is 1.